The first-order valence-electron chi connectivity index (χ1n) is 11.1. The third kappa shape index (κ3) is 4.24. The fraction of sp³-hybridized carbons (Fsp3) is 0.148. The predicted molar refractivity (Wildman–Crippen MR) is 128 cm³/mol. The highest BCUT2D eigenvalue weighted by Gasteiger charge is 2.30. The molecule has 1 amide bonds. The van der Waals surface area contributed by atoms with Gasteiger partial charge < -0.3 is 10.1 Å². The first-order chi connectivity index (χ1) is 17.2. The zero-order chi connectivity index (χ0) is 25.4. The highest BCUT2D eigenvalue weighted by molar-refractivity contribution is 6.00. The summed E-state index contributed by atoms with van der Waals surface area (Å²) in [5.74, 6) is -0.327. The van der Waals surface area contributed by atoms with Crippen molar-refractivity contribution in [3.63, 3.8) is 0 Å². The molecular weight excluding hydrogens is 471 g/mol. The topological polar surface area (TPSA) is 73.2 Å². The fourth-order valence-corrected chi connectivity index (χ4v) is 4.23. The summed E-state index contributed by atoms with van der Waals surface area (Å²) in [4.78, 5) is 30.7. The van der Waals surface area contributed by atoms with Gasteiger partial charge in [0.1, 0.15) is 6.61 Å². The Hall–Kier alpha value is -4.40. The Morgan fingerprint density at radius 2 is 1.89 bits per heavy atom. The largest absolute Gasteiger partial charge is 0.496 e. The van der Waals surface area contributed by atoms with Crippen LogP contribution in [0.25, 0.3) is 22.7 Å². The van der Waals surface area contributed by atoms with E-state index in [9.17, 15) is 22.8 Å². The van der Waals surface area contributed by atoms with Crippen LogP contribution in [0.3, 0.4) is 0 Å². The van der Waals surface area contributed by atoms with Gasteiger partial charge in [0.15, 0.2) is 0 Å². The molecule has 3 heterocycles. The second-order valence-corrected chi connectivity index (χ2v) is 8.37. The van der Waals surface area contributed by atoms with Crippen molar-refractivity contribution in [2.45, 2.75) is 25.7 Å². The lowest BCUT2D eigenvalue weighted by Crippen LogP contribution is -2.28. The van der Waals surface area contributed by atoms with E-state index in [1.54, 1.807) is 36.5 Å². The number of nitrogens with one attached hydrogen (secondary N) is 1. The quantitative estimate of drug-likeness (QED) is 0.415. The van der Waals surface area contributed by atoms with E-state index in [0.29, 0.717) is 33.3 Å². The van der Waals surface area contributed by atoms with Crippen LogP contribution in [0.5, 0.6) is 0 Å². The van der Waals surface area contributed by atoms with E-state index in [2.05, 4.69) is 10.3 Å². The number of pyridine rings is 2. The summed E-state index contributed by atoms with van der Waals surface area (Å²) in [7, 11) is 0. The van der Waals surface area contributed by atoms with Crippen LogP contribution in [0.1, 0.15) is 45.7 Å². The molecule has 4 aromatic rings. The van der Waals surface area contributed by atoms with Crippen molar-refractivity contribution < 1.29 is 22.7 Å². The Bertz CT molecular complexity index is 1540. The van der Waals surface area contributed by atoms with Crippen molar-refractivity contribution in [3.8, 4) is 5.69 Å². The van der Waals surface area contributed by atoms with Crippen LogP contribution in [-0.4, -0.2) is 15.5 Å². The first kappa shape index (κ1) is 23.3. The Balaban J connectivity index is 1.61. The van der Waals surface area contributed by atoms with E-state index in [-0.39, 0.29) is 24.2 Å². The SMILES string of the molecule is C[C@H](NC(=O)c1ccc2c(c1)c1c(c(=O)n2-c2ccc(C(F)(F)F)cc2)COC=C1)c1ccccn1. The zero-order valence-electron chi connectivity index (χ0n) is 19.0. The van der Waals surface area contributed by atoms with Gasteiger partial charge in [0.05, 0.1) is 34.6 Å². The summed E-state index contributed by atoms with van der Waals surface area (Å²) in [6.45, 7) is 1.83. The van der Waals surface area contributed by atoms with Gasteiger partial charge in [-0.1, -0.05) is 6.07 Å². The molecule has 1 N–H and O–H groups in total. The third-order valence-corrected chi connectivity index (χ3v) is 6.07. The van der Waals surface area contributed by atoms with Crippen LogP contribution in [0, 0.1) is 0 Å². The van der Waals surface area contributed by atoms with Gasteiger partial charge in [-0.15, -0.1) is 0 Å². The second-order valence-electron chi connectivity index (χ2n) is 8.37. The number of rotatable bonds is 4. The Morgan fingerprint density at radius 3 is 2.58 bits per heavy atom. The Labute approximate surface area is 203 Å². The Kier molecular flexibility index (Phi) is 5.83. The van der Waals surface area contributed by atoms with Crippen molar-refractivity contribution >= 4 is 22.9 Å². The number of hydrogen-bond acceptors (Lipinski definition) is 4. The molecule has 36 heavy (non-hydrogen) atoms. The van der Waals surface area contributed by atoms with Gasteiger partial charge in [0.2, 0.25) is 0 Å². The number of aromatic nitrogens is 2. The molecule has 0 radical (unpaired) electrons. The molecule has 0 aliphatic carbocycles. The number of hydrogen-bond donors (Lipinski definition) is 1. The second kappa shape index (κ2) is 8.99. The lowest BCUT2D eigenvalue weighted by atomic mass is 9.99. The minimum Gasteiger partial charge on any atom is -0.496 e. The summed E-state index contributed by atoms with van der Waals surface area (Å²) in [5.41, 5.74) is 1.55. The van der Waals surface area contributed by atoms with E-state index in [4.69, 9.17) is 4.74 Å². The number of carbonyl (C=O) groups excluding carboxylic acids is 1. The highest BCUT2D eigenvalue weighted by Crippen LogP contribution is 2.31. The molecule has 0 bridgehead atoms. The van der Waals surface area contributed by atoms with Crippen molar-refractivity contribution in [2.24, 2.45) is 0 Å². The zero-order valence-corrected chi connectivity index (χ0v) is 19.0. The van der Waals surface area contributed by atoms with Crippen molar-refractivity contribution in [3.05, 3.63) is 111 Å². The molecule has 2 aromatic heterocycles. The summed E-state index contributed by atoms with van der Waals surface area (Å²) in [6, 6.07) is 14.4. The molecule has 0 saturated carbocycles. The normalized spacial score (nSPS) is 13.7. The van der Waals surface area contributed by atoms with Crippen molar-refractivity contribution in [2.75, 3.05) is 0 Å². The van der Waals surface area contributed by atoms with Crippen molar-refractivity contribution in [1.82, 2.24) is 14.9 Å². The maximum absolute atomic E-state index is 13.4. The molecule has 0 unspecified atom stereocenters. The lowest BCUT2D eigenvalue weighted by Gasteiger charge is -2.20. The number of benzene rings is 2. The van der Waals surface area contributed by atoms with Crippen LogP contribution in [-0.2, 0) is 17.5 Å². The van der Waals surface area contributed by atoms with Gasteiger partial charge in [0.25, 0.3) is 11.5 Å². The van der Waals surface area contributed by atoms with E-state index in [0.717, 1.165) is 12.1 Å². The summed E-state index contributed by atoms with van der Waals surface area (Å²) < 4.78 is 45.9. The maximum atomic E-state index is 13.4. The number of amides is 1. The summed E-state index contributed by atoms with van der Waals surface area (Å²) in [6.07, 6.45) is 0.279. The molecule has 0 fully saturated rings. The highest BCUT2D eigenvalue weighted by atomic mass is 19.4. The smallest absolute Gasteiger partial charge is 0.416 e. The van der Waals surface area contributed by atoms with Gasteiger partial charge in [0, 0.05) is 22.8 Å². The van der Waals surface area contributed by atoms with E-state index < -0.39 is 17.3 Å². The Morgan fingerprint density at radius 1 is 1.11 bits per heavy atom. The van der Waals surface area contributed by atoms with Crippen LogP contribution in [0.15, 0.2) is 77.9 Å². The van der Waals surface area contributed by atoms with E-state index >= 15 is 0 Å². The molecule has 1 aliphatic rings. The van der Waals surface area contributed by atoms with Gasteiger partial charge in [-0.05, 0) is 73.2 Å². The maximum Gasteiger partial charge on any atom is 0.416 e. The molecule has 1 aliphatic heterocycles. The molecule has 1 atom stereocenters. The molecule has 182 valence electrons. The number of fused-ring (bicyclic) bond motifs is 3. The molecule has 6 nitrogen and oxygen atoms in total. The minimum absolute atomic E-state index is 0.00831. The fourth-order valence-electron chi connectivity index (χ4n) is 4.23. The van der Waals surface area contributed by atoms with Gasteiger partial charge in [-0.25, -0.2) is 0 Å². The number of ether oxygens (including phenoxy) is 1. The van der Waals surface area contributed by atoms with Gasteiger partial charge in [-0.3, -0.25) is 19.1 Å². The number of carbonyl (C=O) groups is 1. The number of halogens is 3. The molecule has 9 heteroatoms. The first-order valence-corrected chi connectivity index (χ1v) is 11.1. The summed E-state index contributed by atoms with van der Waals surface area (Å²) >= 11 is 0. The van der Waals surface area contributed by atoms with E-state index in [1.165, 1.54) is 23.0 Å². The van der Waals surface area contributed by atoms with Crippen molar-refractivity contribution in [1.29, 1.82) is 0 Å². The monoisotopic (exact) mass is 491 g/mol. The molecule has 0 spiro atoms. The molecular formula is C27H20F3N3O3. The van der Waals surface area contributed by atoms with Gasteiger partial charge in [-0.2, -0.15) is 13.2 Å². The average Bonchev–Trinajstić information content (AvgIpc) is 2.89. The van der Waals surface area contributed by atoms with Crippen LogP contribution < -0.4 is 10.9 Å². The lowest BCUT2D eigenvalue weighted by molar-refractivity contribution is -0.137. The molecule has 0 saturated heterocycles. The third-order valence-electron chi connectivity index (χ3n) is 6.07. The summed E-state index contributed by atoms with van der Waals surface area (Å²) in [5, 5.41) is 3.52. The predicted octanol–water partition coefficient (Wildman–Crippen LogP) is 5.40. The van der Waals surface area contributed by atoms with E-state index in [1.807, 2.05) is 19.1 Å². The number of nitrogens with zero attached hydrogens (tertiary/aromatic N) is 2. The van der Waals surface area contributed by atoms with Crippen LogP contribution in [0.2, 0.25) is 0 Å². The average molecular weight is 491 g/mol. The minimum atomic E-state index is -4.49. The number of alkyl halides is 3. The standard InChI is InChI=1S/C27H20F3N3O3/c1-16(23-4-2-3-12-31-23)32-25(34)17-5-10-24-21(14-17)20-11-13-36-15-22(20)26(35)33(24)19-8-6-18(7-9-19)27(28,29)30/h2-14,16H,15H2,1H3,(H,32,34)/t16-/m0/s1. The molecule has 2 aromatic carbocycles. The van der Waals surface area contributed by atoms with Crippen LogP contribution in [0.4, 0.5) is 13.2 Å². The van der Waals surface area contributed by atoms with Gasteiger partial charge >= 0.3 is 6.18 Å². The van der Waals surface area contributed by atoms with Crippen LogP contribution >= 0.6 is 0 Å². The molecule has 5 rings (SSSR count).